The Hall–Kier alpha value is -2.89. The van der Waals surface area contributed by atoms with Crippen molar-refractivity contribution in [2.45, 2.75) is 98.5 Å². The molecule has 6 nitrogen and oxygen atoms in total. The number of aryl methyl sites for hydroxylation is 1. The molecule has 35 heavy (non-hydrogen) atoms. The van der Waals surface area contributed by atoms with Crippen molar-refractivity contribution in [2.75, 3.05) is 6.61 Å². The van der Waals surface area contributed by atoms with Crippen LogP contribution < -0.4 is 15.0 Å². The number of ether oxygens (including phenoxy) is 2. The zero-order valence-corrected chi connectivity index (χ0v) is 22.7. The first kappa shape index (κ1) is 28.3. The number of unbranched alkanes of at least 4 members (excludes halogenated alkanes) is 1. The van der Waals surface area contributed by atoms with Crippen LogP contribution in [-0.2, 0) is 5.41 Å². The summed E-state index contributed by atoms with van der Waals surface area (Å²) in [6, 6.07) is 7.56. The van der Waals surface area contributed by atoms with E-state index in [0.717, 1.165) is 42.6 Å². The van der Waals surface area contributed by atoms with Crippen molar-refractivity contribution in [3.05, 3.63) is 53.0 Å². The lowest BCUT2D eigenvalue weighted by atomic mass is 9.85. The van der Waals surface area contributed by atoms with E-state index in [1.807, 2.05) is 25.1 Å². The van der Waals surface area contributed by atoms with Crippen molar-refractivity contribution in [3.63, 3.8) is 0 Å². The van der Waals surface area contributed by atoms with Gasteiger partial charge in [-0.05, 0) is 67.9 Å². The molecule has 2 rings (SSSR count). The molecule has 0 fully saturated rings. The number of rotatable bonds is 13. The number of hydrogen-bond donors (Lipinski definition) is 1. The zero-order chi connectivity index (χ0) is 26.2. The number of nitrogens with zero attached hydrogens (tertiary/aromatic N) is 2. The van der Waals surface area contributed by atoms with E-state index in [-0.39, 0.29) is 30.6 Å². The summed E-state index contributed by atoms with van der Waals surface area (Å²) in [5, 5.41) is 12.9. The second kappa shape index (κ2) is 12.7. The number of carbonyl (C=O) groups excluding carboxylic acids is 1. The van der Waals surface area contributed by atoms with Gasteiger partial charge in [0.2, 0.25) is 5.88 Å². The Morgan fingerprint density at radius 3 is 2.43 bits per heavy atom. The molecule has 194 valence electrons. The van der Waals surface area contributed by atoms with Crippen LogP contribution in [0.15, 0.2) is 30.8 Å². The topological polar surface area (TPSA) is 77.2 Å². The molecule has 0 radical (unpaired) electrons. The van der Waals surface area contributed by atoms with Crippen LogP contribution in [0.1, 0.15) is 103 Å². The molecule has 1 heterocycles. The minimum Gasteiger partial charge on any atom is -0.494 e. The van der Waals surface area contributed by atoms with Crippen molar-refractivity contribution in [1.29, 1.82) is 5.41 Å². The summed E-state index contributed by atoms with van der Waals surface area (Å²) in [6.45, 7) is 19.3. The first-order chi connectivity index (χ1) is 16.5. The highest BCUT2D eigenvalue weighted by Gasteiger charge is 2.19. The zero-order valence-electron chi connectivity index (χ0n) is 22.7. The lowest BCUT2D eigenvalue weighted by molar-refractivity contribution is 0.0983. The van der Waals surface area contributed by atoms with Crippen LogP contribution in [0, 0.1) is 12.3 Å². The molecule has 1 N–H and O–H groups in total. The van der Waals surface area contributed by atoms with E-state index in [0.29, 0.717) is 30.2 Å². The molecule has 1 aromatic heterocycles. The lowest BCUT2D eigenvalue weighted by Crippen LogP contribution is -2.25. The fourth-order valence-electron chi connectivity index (χ4n) is 3.64. The summed E-state index contributed by atoms with van der Waals surface area (Å²) in [6.07, 6.45) is 4.53. The average Bonchev–Trinajstić information content (AvgIpc) is 2.81. The number of aromatic nitrogens is 2. The Bertz CT molecular complexity index is 1080. The first-order valence-corrected chi connectivity index (χ1v) is 12.8. The molecule has 0 aliphatic carbocycles. The Morgan fingerprint density at radius 1 is 1.14 bits per heavy atom. The van der Waals surface area contributed by atoms with E-state index in [4.69, 9.17) is 14.9 Å². The highest BCUT2D eigenvalue weighted by Crippen LogP contribution is 2.29. The molecule has 0 atom stereocenters. The third kappa shape index (κ3) is 8.08. The van der Waals surface area contributed by atoms with Gasteiger partial charge in [0.15, 0.2) is 5.78 Å². The van der Waals surface area contributed by atoms with Gasteiger partial charge in [0.1, 0.15) is 11.2 Å². The Balaban J connectivity index is 0.00000648. The summed E-state index contributed by atoms with van der Waals surface area (Å²) in [5.41, 5.74) is 3.23. The van der Waals surface area contributed by atoms with E-state index in [1.54, 1.807) is 6.07 Å². The van der Waals surface area contributed by atoms with Crippen molar-refractivity contribution < 1.29 is 15.7 Å². The van der Waals surface area contributed by atoms with Gasteiger partial charge in [0.25, 0.3) is 0 Å². The van der Waals surface area contributed by atoms with Crippen molar-refractivity contribution in [2.24, 2.45) is 0 Å². The van der Waals surface area contributed by atoms with Crippen LogP contribution in [0.4, 0.5) is 0 Å². The van der Waals surface area contributed by atoms with Crippen LogP contribution in [0.3, 0.4) is 0 Å². The van der Waals surface area contributed by atoms with Gasteiger partial charge in [0, 0.05) is 24.7 Å². The minimum atomic E-state index is -0.101. The highest BCUT2D eigenvalue weighted by atomic mass is 16.5. The average molecular weight is 484 g/mol. The molecular formula is C29H45N3O3. The number of nitrogens with one attached hydrogen (secondary N) is 1. The predicted molar refractivity (Wildman–Crippen MR) is 144 cm³/mol. The van der Waals surface area contributed by atoms with Crippen LogP contribution in [0.2, 0.25) is 0 Å². The van der Waals surface area contributed by atoms with E-state index >= 15 is 0 Å². The van der Waals surface area contributed by atoms with E-state index in [2.05, 4.69) is 53.2 Å². The van der Waals surface area contributed by atoms with Gasteiger partial charge in [-0.3, -0.25) is 10.2 Å². The first-order valence-electron chi connectivity index (χ1n) is 12.8. The van der Waals surface area contributed by atoms with Crippen molar-refractivity contribution in [3.8, 4) is 11.6 Å². The Kier molecular flexibility index (Phi) is 10.3. The fourth-order valence-corrected chi connectivity index (χ4v) is 3.64. The number of hydrogen-bond acceptors (Lipinski definition) is 5. The largest absolute Gasteiger partial charge is 0.494 e. The molecular weight excluding hydrogens is 438 g/mol. The quantitative estimate of drug-likeness (QED) is 0.244. The fraction of sp³-hybridized carbons (Fsp3) is 0.552. The molecule has 0 aliphatic rings. The minimum absolute atomic E-state index is 0. The molecule has 0 saturated heterocycles. The second-order valence-electron chi connectivity index (χ2n) is 10.2. The molecule has 0 saturated carbocycles. The molecule has 0 aliphatic heterocycles. The summed E-state index contributed by atoms with van der Waals surface area (Å²) in [4.78, 5) is 13.2. The van der Waals surface area contributed by atoms with Gasteiger partial charge >= 0.3 is 0 Å². The number of Topliss-reactive ketones (excluding diaryl/α,β-unsaturated/α-hetero) is 1. The smallest absolute Gasteiger partial charge is 0.235 e. The molecule has 6 heteroatoms. The molecule has 0 bridgehead atoms. The normalized spacial score (nSPS) is 11.5. The number of carbonyl (C=O) groups is 1. The maximum atomic E-state index is 13.2. The standard InChI is InChI=1S/C29H43N3O3.H2/c1-9-12-15-34-25-18-22(17-23(19-25)29(6,7)8)26(33)14-13-21(5)32-27(30)16-20(4)28(31-32)35-24(10-2)11-3;/h16-19,24,30H,5,9-15H2,1-4,6-8H3;1H. The van der Waals surface area contributed by atoms with Crippen LogP contribution in [0.5, 0.6) is 11.6 Å². The van der Waals surface area contributed by atoms with Crippen molar-refractivity contribution in [1.82, 2.24) is 9.78 Å². The monoisotopic (exact) mass is 483 g/mol. The number of benzene rings is 1. The molecule has 0 unspecified atom stereocenters. The van der Waals surface area contributed by atoms with E-state index < -0.39 is 0 Å². The number of ketones is 1. The van der Waals surface area contributed by atoms with Gasteiger partial charge in [-0.15, -0.1) is 5.10 Å². The van der Waals surface area contributed by atoms with Crippen LogP contribution in [-0.4, -0.2) is 28.3 Å². The maximum absolute atomic E-state index is 13.2. The summed E-state index contributed by atoms with van der Waals surface area (Å²) < 4.78 is 13.5. The van der Waals surface area contributed by atoms with E-state index in [1.165, 1.54) is 4.68 Å². The van der Waals surface area contributed by atoms with Gasteiger partial charge in [-0.2, -0.15) is 0 Å². The van der Waals surface area contributed by atoms with Gasteiger partial charge in [0.05, 0.1) is 12.7 Å². The Labute approximate surface area is 212 Å². The molecule has 0 spiro atoms. The highest BCUT2D eigenvalue weighted by molar-refractivity contribution is 5.97. The molecule has 2 aromatic rings. The second-order valence-corrected chi connectivity index (χ2v) is 10.2. The van der Waals surface area contributed by atoms with Gasteiger partial charge in [-0.25, -0.2) is 4.68 Å². The van der Waals surface area contributed by atoms with Crippen molar-refractivity contribution >= 4 is 11.5 Å². The van der Waals surface area contributed by atoms with Gasteiger partial charge < -0.3 is 9.47 Å². The SMILES string of the molecule is C=C(CCC(=O)c1cc(OCCCC)cc(C(C)(C)C)c1)n1nc(OC(CC)CC)c(C)cc1=N.[HH]. The maximum Gasteiger partial charge on any atom is 0.235 e. The molecule has 1 aromatic carbocycles. The third-order valence-corrected chi connectivity index (χ3v) is 6.10. The summed E-state index contributed by atoms with van der Waals surface area (Å²) >= 11 is 0. The third-order valence-electron chi connectivity index (χ3n) is 6.10. The van der Waals surface area contributed by atoms with Crippen LogP contribution in [0.25, 0.3) is 5.70 Å². The summed E-state index contributed by atoms with van der Waals surface area (Å²) in [7, 11) is 0. The summed E-state index contributed by atoms with van der Waals surface area (Å²) in [5.74, 6) is 1.26. The lowest BCUT2D eigenvalue weighted by Gasteiger charge is -2.21. The predicted octanol–water partition coefficient (Wildman–Crippen LogP) is 7.09. The van der Waals surface area contributed by atoms with E-state index in [9.17, 15) is 4.79 Å². The Morgan fingerprint density at radius 2 is 1.83 bits per heavy atom. The van der Waals surface area contributed by atoms with Crippen LogP contribution >= 0.6 is 0 Å². The van der Waals surface area contributed by atoms with Gasteiger partial charge in [-0.1, -0.05) is 54.5 Å². The number of allylic oxidation sites excluding steroid dienone is 1. The molecule has 0 amide bonds.